The Bertz CT molecular complexity index is 1080. The quantitative estimate of drug-likeness (QED) is 0.444. The summed E-state index contributed by atoms with van der Waals surface area (Å²) in [6.45, 7) is 4.06. The molecular weight excluding hydrogens is 440 g/mol. The highest BCUT2D eigenvalue weighted by molar-refractivity contribution is 9.10. The molecular formula is C25H23BrN2O2. The molecule has 0 fully saturated rings. The van der Waals surface area contributed by atoms with Crippen LogP contribution in [0.25, 0.3) is 0 Å². The van der Waals surface area contributed by atoms with Gasteiger partial charge in [0.2, 0.25) is 6.23 Å². The standard InChI is InChI=1S/C25H23BrN2O2/c1-16(2)29-20-11-8-18(9-12-20)25-28-23(21-14-19(26)10-13-24(21)30-25)15-22(27-28)17-6-4-3-5-7-17/h3-14,16,23,25H,15H2,1-2H3/t23-,25-/m1/s1. The lowest BCUT2D eigenvalue weighted by molar-refractivity contribution is -0.0191. The van der Waals surface area contributed by atoms with Crippen LogP contribution in [0.5, 0.6) is 11.5 Å². The lowest BCUT2D eigenvalue weighted by atomic mass is 9.96. The van der Waals surface area contributed by atoms with Gasteiger partial charge in [0.05, 0.1) is 17.9 Å². The van der Waals surface area contributed by atoms with Crippen molar-refractivity contribution < 1.29 is 9.47 Å². The fourth-order valence-electron chi connectivity index (χ4n) is 4.07. The maximum absolute atomic E-state index is 6.45. The summed E-state index contributed by atoms with van der Waals surface area (Å²) in [5, 5.41) is 7.12. The predicted molar refractivity (Wildman–Crippen MR) is 122 cm³/mol. The molecule has 0 aromatic heterocycles. The first-order valence-corrected chi connectivity index (χ1v) is 11.0. The summed E-state index contributed by atoms with van der Waals surface area (Å²) in [5.41, 5.74) is 4.46. The minimum Gasteiger partial charge on any atom is -0.491 e. The Kier molecular flexibility index (Phi) is 4.99. The highest BCUT2D eigenvalue weighted by Crippen LogP contribution is 2.48. The zero-order chi connectivity index (χ0) is 20.7. The van der Waals surface area contributed by atoms with Gasteiger partial charge in [0.25, 0.3) is 0 Å². The Balaban J connectivity index is 1.53. The van der Waals surface area contributed by atoms with Crippen LogP contribution in [-0.4, -0.2) is 16.8 Å². The van der Waals surface area contributed by atoms with Crippen LogP contribution in [0.15, 0.2) is 82.4 Å². The van der Waals surface area contributed by atoms with Crippen LogP contribution in [0.2, 0.25) is 0 Å². The molecule has 30 heavy (non-hydrogen) atoms. The molecule has 0 N–H and O–H groups in total. The van der Waals surface area contributed by atoms with Gasteiger partial charge in [-0.3, -0.25) is 0 Å². The van der Waals surface area contributed by atoms with Crippen molar-refractivity contribution in [2.75, 3.05) is 0 Å². The van der Waals surface area contributed by atoms with Crippen molar-refractivity contribution >= 4 is 21.6 Å². The van der Waals surface area contributed by atoms with Gasteiger partial charge in [0, 0.05) is 22.0 Å². The number of hydrogen-bond acceptors (Lipinski definition) is 4. The normalized spacial score (nSPS) is 19.7. The van der Waals surface area contributed by atoms with E-state index in [-0.39, 0.29) is 18.4 Å². The molecule has 5 heteroatoms. The molecule has 5 rings (SSSR count). The SMILES string of the molecule is CC(C)Oc1ccc([C@H]2Oc3ccc(Br)cc3[C@H]3CC(c4ccccc4)=NN32)cc1. The first-order valence-electron chi connectivity index (χ1n) is 10.2. The van der Waals surface area contributed by atoms with E-state index < -0.39 is 0 Å². The van der Waals surface area contributed by atoms with Gasteiger partial charge in [0.1, 0.15) is 11.5 Å². The molecule has 0 saturated heterocycles. The Morgan fingerprint density at radius 3 is 2.53 bits per heavy atom. The number of halogens is 1. The summed E-state index contributed by atoms with van der Waals surface area (Å²) < 4.78 is 13.3. The van der Waals surface area contributed by atoms with E-state index in [1.165, 1.54) is 0 Å². The Morgan fingerprint density at radius 1 is 1.03 bits per heavy atom. The molecule has 0 saturated carbocycles. The number of rotatable bonds is 4. The maximum atomic E-state index is 6.45. The van der Waals surface area contributed by atoms with Crippen LogP contribution in [0.1, 0.15) is 49.2 Å². The van der Waals surface area contributed by atoms with E-state index in [0.29, 0.717) is 0 Å². The molecule has 3 aromatic rings. The van der Waals surface area contributed by atoms with E-state index in [0.717, 1.165) is 44.8 Å². The molecule has 2 heterocycles. The van der Waals surface area contributed by atoms with E-state index in [1.54, 1.807) is 0 Å². The maximum Gasteiger partial charge on any atom is 0.213 e. The second-order valence-corrected chi connectivity index (χ2v) is 8.82. The molecule has 152 valence electrons. The van der Waals surface area contributed by atoms with Gasteiger partial charge in [-0.25, -0.2) is 5.01 Å². The molecule has 0 aliphatic carbocycles. The van der Waals surface area contributed by atoms with Crippen LogP contribution in [0.4, 0.5) is 0 Å². The molecule has 3 aromatic carbocycles. The van der Waals surface area contributed by atoms with Crippen LogP contribution >= 0.6 is 15.9 Å². The lowest BCUT2D eigenvalue weighted by Crippen LogP contribution is -2.33. The number of fused-ring (bicyclic) bond motifs is 3. The molecule has 4 nitrogen and oxygen atoms in total. The van der Waals surface area contributed by atoms with Crippen molar-refractivity contribution in [1.29, 1.82) is 0 Å². The van der Waals surface area contributed by atoms with E-state index in [1.807, 2.05) is 44.2 Å². The fraction of sp³-hybridized carbons (Fsp3) is 0.240. The number of benzene rings is 3. The molecule has 0 spiro atoms. The summed E-state index contributed by atoms with van der Waals surface area (Å²) in [4.78, 5) is 0. The number of ether oxygens (including phenoxy) is 2. The first-order chi connectivity index (χ1) is 14.6. The van der Waals surface area contributed by atoms with E-state index in [2.05, 4.69) is 63.4 Å². The highest BCUT2D eigenvalue weighted by atomic mass is 79.9. The smallest absolute Gasteiger partial charge is 0.213 e. The zero-order valence-electron chi connectivity index (χ0n) is 17.0. The van der Waals surface area contributed by atoms with Crippen molar-refractivity contribution in [3.05, 3.63) is 94.0 Å². The average molecular weight is 463 g/mol. The monoisotopic (exact) mass is 462 g/mol. The summed E-state index contributed by atoms with van der Waals surface area (Å²) >= 11 is 3.61. The van der Waals surface area contributed by atoms with Crippen molar-refractivity contribution in [1.82, 2.24) is 5.01 Å². The Hall–Kier alpha value is -2.79. The summed E-state index contributed by atoms with van der Waals surface area (Å²) in [5.74, 6) is 1.77. The second-order valence-electron chi connectivity index (χ2n) is 7.90. The van der Waals surface area contributed by atoms with Gasteiger partial charge in [-0.05, 0) is 61.9 Å². The first kappa shape index (κ1) is 19.2. The molecule has 0 bridgehead atoms. The van der Waals surface area contributed by atoms with Crippen molar-refractivity contribution in [2.24, 2.45) is 5.10 Å². The van der Waals surface area contributed by atoms with Crippen molar-refractivity contribution in [2.45, 2.75) is 38.6 Å². The van der Waals surface area contributed by atoms with Gasteiger partial charge in [-0.1, -0.05) is 46.3 Å². The third kappa shape index (κ3) is 3.58. The van der Waals surface area contributed by atoms with E-state index >= 15 is 0 Å². The molecule has 0 radical (unpaired) electrons. The van der Waals surface area contributed by atoms with Crippen LogP contribution in [-0.2, 0) is 0 Å². The highest BCUT2D eigenvalue weighted by Gasteiger charge is 2.41. The van der Waals surface area contributed by atoms with Crippen LogP contribution < -0.4 is 9.47 Å². The van der Waals surface area contributed by atoms with Crippen LogP contribution in [0, 0.1) is 0 Å². The lowest BCUT2D eigenvalue weighted by Gasteiger charge is -2.38. The molecule has 0 amide bonds. The molecule has 2 atom stereocenters. The third-order valence-corrected chi connectivity index (χ3v) is 5.89. The van der Waals surface area contributed by atoms with E-state index in [9.17, 15) is 0 Å². The Labute approximate surface area is 185 Å². The molecule has 2 aliphatic heterocycles. The summed E-state index contributed by atoms with van der Waals surface area (Å²) in [6.07, 6.45) is 0.716. The number of nitrogens with zero attached hydrogens (tertiary/aromatic N) is 2. The van der Waals surface area contributed by atoms with Crippen molar-refractivity contribution in [3.63, 3.8) is 0 Å². The fourth-order valence-corrected chi connectivity index (χ4v) is 4.45. The minimum absolute atomic E-state index is 0.137. The topological polar surface area (TPSA) is 34.1 Å². The summed E-state index contributed by atoms with van der Waals surface area (Å²) in [6, 6.07) is 24.9. The van der Waals surface area contributed by atoms with Gasteiger partial charge in [-0.15, -0.1) is 0 Å². The number of hydrogen-bond donors (Lipinski definition) is 0. The van der Waals surface area contributed by atoms with Gasteiger partial charge in [-0.2, -0.15) is 5.10 Å². The predicted octanol–water partition coefficient (Wildman–Crippen LogP) is 6.48. The van der Waals surface area contributed by atoms with Gasteiger partial charge < -0.3 is 9.47 Å². The summed E-state index contributed by atoms with van der Waals surface area (Å²) in [7, 11) is 0. The number of hydrazone groups is 1. The molecule has 2 aliphatic rings. The van der Waals surface area contributed by atoms with E-state index in [4.69, 9.17) is 14.6 Å². The third-order valence-electron chi connectivity index (χ3n) is 5.40. The average Bonchev–Trinajstić information content (AvgIpc) is 3.20. The minimum atomic E-state index is -0.280. The van der Waals surface area contributed by atoms with Gasteiger partial charge >= 0.3 is 0 Å². The van der Waals surface area contributed by atoms with Crippen LogP contribution in [0.3, 0.4) is 0 Å². The van der Waals surface area contributed by atoms with Crippen molar-refractivity contribution in [3.8, 4) is 11.5 Å². The zero-order valence-corrected chi connectivity index (χ0v) is 18.5. The molecule has 0 unspecified atom stereocenters. The second kappa shape index (κ2) is 7.80. The Morgan fingerprint density at radius 2 is 1.80 bits per heavy atom. The largest absolute Gasteiger partial charge is 0.491 e. The van der Waals surface area contributed by atoms with Gasteiger partial charge in [0.15, 0.2) is 0 Å².